The van der Waals surface area contributed by atoms with Crippen LogP contribution >= 0.6 is 35.7 Å². The van der Waals surface area contributed by atoms with Gasteiger partial charge in [-0.25, -0.2) is 0 Å². The standard InChI is InChI=1S/C10H22S.C9H10S2.C5H11N.C4H8/c1-9(2,3)7-8-11-10(4,5)6;1-7-3-5-9(6-4-7)11-8(2)10;1-5(2)4-6-3;1-4(2)3/h7-8H2,1-6H3;3-6H,1-2H3;6H,1,4H2,2-3H3;1H2,2-3H3. The molecule has 186 valence electrons. The summed E-state index contributed by atoms with van der Waals surface area (Å²) in [6, 6.07) is 8.38. The van der Waals surface area contributed by atoms with Crippen molar-refractivity contribution in [3.8, 4) is 0 Å². The highest BCUT2D eigenvalue weighted by Crippen LogP contribution is 2.28. The number of nitrogens with one attached hydrogen (secondary N) is 1. The molecular weight excluding hydrogens is 447 g/mol. The maximum absolute atomic E-state index is 4.97. The highest BCUT2D eigenvalue weighted by Gasteiger charge is 2.14. The molecule has 0 aliphatic rings. The van der Waals surface area contributed by atoms with Crippen LogP contribution in [0.25, 0.3) is 0 Å². The van der Waals surface area contributed by atoms with E-state index in [1.54, 1.807) is 11.8 Å². The third-order valence-electron chi connectivity index (χ3n) is 3.15. The van der Waals surface area contributed by atoms with Crippen molar-refractivity contribution in [2.24, 2.45) is 5.41 Å². The van der Waals surface area contributed by atoms with E-state index in [0.29, 0.717) is 10.2 Å². The SMILES string of the molecule is C=C(C)C.C=C(C)CNC.CC(=S)Sc1ccc(C)cc1.CC(C)(C)CCSC(C)(C)C. The van der Waals surface area contributed by atoms with E-state index >= 15 is 0 Å². The van der Waals surface area contributed by atoms with Gasteiger partial charge < -0.3 is 5.32 Å². The van der Waals surface area contributed by atoms with Gasteiger partial charge in [0, 0.05) is 20.4 Å². The van der Waals surface area contributed by atoms with Crippen molar-refractivity contribution in [2.75, 3.05) is 19.3 Å². The molecule has 0 spiro atoms. The van der Waals surface area contributed by atoms with Gasteiger partial charge in [0.2, 0.25) is 0 Å². The Bertz CT molecular complexity index is 614. The smallest absolute Gasteiger partial charge is 0.0496 e. The van der Waals surface area contributed by atoms with E-state index in [-0.39, 0.29) is 0 Å². The molecule has 0 atom stereocenters. The number of thioether (sulfide) groups is 2. The van der Waals surface area contributed by atoms with Crippen LogP contribution in [0.1, 0.15) is 81.2 Å². The minimum atomic E-state index is 0.436. The summed E-state index contributed by atoms with van der Waals surface area (Å²) < 4.78 is 1.40. The largest absolute Gasteiger partial charge is 0.316 e. The summed E-state index contributed by atoms with van der Waals surface area (Å²) in [7, 11) is 1.91. The molecule has 1 N–H and O–H groups in total. The van der Waals surface area contributed by atoms with E-state index in [1.807, 2.05) is 34.7 Å². The Morgan fingerprint density at radius 1 is 0.938 bits per heavy atom. The first kappa shape index (κ1) is 36.0. The van der Waals surface area contributed by atoms with Gasteiger partial charge in [-0.2, -0.15) is 11.8 Å². The Labute approximate surface area is 215 Å². The Kier molecular flexibility index (Phi) is 22.4. The third kappa shape index (κ3) is 39.9. The average molecular weight is 498 g/mol. The maximum atomic E-state index is 4.97. The van der Waals surface area contributed by atoms with Crippen molar-refractivity contribution in [3.63, 3.8) is 0 Å². The van der Waals surface area contributed by atoms with Crippen molar-refractivity contribution < 1.29 is 0 Å². The molecule has 0 radical (unpaired) electrons. The fraction of sp³-hybridized carbons (Fsp3) is 0.607. The summed E-state index contributed by atoms with van der Waals surface area (Å²) >= 11 is 8.67. The highest BCUT2D eigenvalue weighted by molar-refractivity contribution is 8.23. The van der Waals surface area contributed by atoms with E-state index in [0.717, 1.165) is 10.7 Å². The predicted octanol–water partition coefficient (Wildman–Crippen LogP) is 9.75. The number of allylic oxidation sites excluding steroid dienone is 1. The predicted molar refractivity (Wildman–Crippen MR) is 161 cm³/mol. The number of thiocarbonyl (C=S) groups is 1. The number of rotatable bonds is 5. The Morgan fingerprint density at radius 2 is 1.38 bits per heavy atom. The molecule has 0 fully saturated rings. The summed E-state index contributed by atoms with van der Waals surface area (Å²) in [5, 5.41) is 2.97. The molecule has 0 bridgehead atoms. The average Bonchev–Trinajstić information content (AvgIpc) is 2.54. The van der Waals surface area contributed by atoms with E-state index in [2.05, 4.69) is 103 Å². The molecule has 0 heterocycles. The van der Waals surface area contributed by atoms with E-state index in [4.69, 9.17) is 12.2 Å². The number of benzene rings is 1. The topological polar surface area (TPSA) is 12.0 Å². The van der Waals surface area contributed by atoms with Crippen molar-refractivity contribution >= 4 is 39.9 Å². The van der Waals surface area contributed by atoms with Crippen molar-refractivity contribution in [2.45, 2.75) is 92.2 Å². The fourth-order valence-corrected chi connectivity index (χ4v) is 3.96. The lowest BCUT2D eigenvalue weighted by molar-refractivity contribution is 0.401. The first-order valence-corrected chi connectivity index (χ1v) is 13.4. The quantitative estimate of drug-likeness (QED) is 0.246. The second kappa shape index (κ2) is 19.9. The minimum Gasteiger partial charge on any atom is -0.316 e. The van der Waals surface area contributed by atoms with Gasteiger partial charge >= 0.3 is 0 Å². The Morgan fingerprint density at radius 3 is 1.62 bits per heavy atom. The van der Waals surface area contributed by atoms with Crippen LogP contribution in [-0.4, -0.2) is 28.3 Å². The van der Waals surface area contributed by atoms with Gasteiger partial charge in [0.15, 0.2) is 0 Å². The Hall–Kier alpha value is -0.550. The molecular formula is C28H51NS3. The summed E-state index contributed by atoms with van der Waals surface area (Å²) in [5.41, 5.74) is 4.13. The lowest BCUT2D eigenvalue weighted by atomic mass is 9.94. The molecule has 0 unspecified atom stereocenters. The van der Waals surface area contributed by atoms with Crippen LogP contribution in [-0.2, 0) is 0 Å². The molecule has 4 heteroatoms. The molecule has 0 aliphatic carbocycles. The lowest BCUT2D eigenvalue weighted by Gasteiger charge is -2.22. The number of aryl methyl sites for hydroxylation is 1. The van der Waals surface area contributed by atoms with Crippen molar-refractivity contribution in [1.29, 1.82) is 0 Å². The second-order valence-electron chi connectivity index (χ2n) is 10.4. The first-order chi connectivity index (χ1) is 14.4. The molecule has 1 aromatic rings. The zero-order valence-corrected chi connectivity index (χ0v) is 25.5. The summed E-state index contributed by atoms with van der Waals surface area (Å²) in [5.74, 6) is 1.28. The van der Waals surface area contributed by atoms with Crippen LogP contribution in [0.15, 0.2) is 53.5 Å². The van der Waals surface area contributed by atoms with Gasteiger partial charge in [-0.05, 0) is 71.4 Å². The van der Waals surface area contributed by atoms with E-state index in [9.17, 15) is 0 Å². The van der Waals surface area contributed by atoms with Gasteiger partial charge in [-0.3, -0.25) is 0 Å². The normalized spacial score (nSPS) is 10.4. The van der Waals surface area contributed by atoms with Crippen LogP contribution in [0.4, 0.5) is 0 Å². The summed E-state index contributed by atoms with van der Waals surface area (Å²) in [6.45, 7) is 31.9. The molecule has 32 heavy (non-hydrogen) atoms. The van der Waals surface area contributed by atoms with E-state index in [1.165, 1.54) is 33.8 Å². The monoisotopic (exact) mass is 497 g/mol. The highest BCUT2D eigenvalue weighted by atomic mass is 32.2. The fourth-order valence-electron chi connectivity index (χ4n) is 1.74. The zero-order valence-electron chi connectivity index (χ0n) is 23.1. The molecule has 0 aliphatic heterocycles. The van der Waals surface area contributed by atoms with Crippen LogP contribution < -0.4 is 5.32 Å². The van der Waals surface area contributed by atoms with Gasteiger partial charge in [0.05, 0.1) is 0 Å². The third-order valence-corrected chi connectivity index (χ3v) is 5.47. The van der Waals surface area contributed by atoms with Crippen LogP contribution in [0, 0.1) is 12.3 Å². The van der Waals surface area contributed by atoms with Gasteiger partial charge in [-0.1, -0.05) is 101 Å². The molecule has 0 saturated heterocycles. The number of likely N-dealkylation sites (N-methyl/N-ethyl adjacent to an activating group) is 1. The second-order valence-corrected chi connectivity index (χ2v) is 14.5. The van der Waals surface area contributed by atoms with Gasteiger partial charge in [0.25, 0.3) is 0 Å². The molecule has 0 aromatic heterocycles. The molecule has 1 aromatic carbocycles. The van der Waals surface area contributed by atoms with Crippen LogP contribution in [0.2, 0.25) is 0 Å². The summed E-state index contributed by atoms with van der Waals surface area (Å²) in [4.78, 5) is 1.23. The zero-order chi connectivity index (χ0) is 26.0. The maximum Gasteiger partial charge on any atom is 0.0496 e. The van der Waals surface area contributed by atoms with Crippen LogP contribution in [0.5, 0.6) is 0 Å². The van der Waals surface area contributed by atoms with Crippen LogP contribution in [0.3, 0.4) is 0 Å². The lowest BCUT2D eigenvalue weighted by Crippen LogP contribution is -2.12. The molecule has 1 rings (SSSR count). The first-order valence-electron chi connectivity index (χ1n) is 11.2. The molecule has 0 amide bonds. The van der Waals surface area contributed by atoms with E-state index < -0.39 is 0 Å². The summed E-state index contributed by atoms with van der Waals surface area (Å²) in [6.07, 6.45) is 1.31. The van der Waals surface area contributed by atoms with Gasteiger partial charge in [-0.15, -0.1) is 6.58 Å². The molecule has 0 saturated carbocycles. The van der Waals surface area contributed by atoms with Crippen molar-refractivity contribution in [3.05, 3.63) is 54.1 Å². The van der Waals surface area contributed by atoms with Gasteiger partial charge in [0.1, 0.15) is 0 Å². The minimum absolute atomic E-state index is 0.436. The molecule has 1 nitrogen and oxygen atoms in total. The number of hydrogen-bond donors (Lipinski definition) is 1. The Balaban J connectivity index is -0.000000377. The number of hydrogen-bond acceptors (Lipinski definition) is 4. The van der Waals surface area contributed by atoms with Crippen molar-refractivity contribution in [1.82, 2.24) is 5.32 Å².